The van der Waals surface area contributed by atoms with Crippen molar-refractivity contribution >= 4 is 5.78 Å². The SMILES string of the molecule is C=C(C)C1(O)C(=O)C([C]2[CH][CH][CH][CH]2)=C1C.[CH]1[CH][CH][CH][CH]1.[Fe]. The summed E-state index contributed by atoms with van der Waals surface area (Å²) in [6.45, 7) is 7.11. The largest absolute Gasteiger partial charge is 0.373 e. The quantitative estimate of drug-likeness (QED) is 0.627. The van der Waals surface area contributed by atoms with Gasteiger partial charge in [0.25, 0.3) is 0 Å². The Balaban J connectivity index is 0.000000313. The minimum Gasteiger partial charge on any atom is -0.373 e. The Bertz CT molecular complexity index is 421. The first-order chi connectivity index (χ1) is 9.49. The van der Waals surface area contributed by atoms with Crippen LogP contribution < -0.4 is 0 Å². The molecule has 2 nitrogen and oxygen atoms in total. The van der Waals surface area contributed by atoms with Crippen LogP contribution in [-0.2, 0) is 21.9 Å². The molecule has 0 saturated heterocycles. The maximum atomic E-state index is 11.9. The van der Waals surface area contributed by atoms with E-state index in [1.807, 2.05) is 57.8 Å². The van der Waals surface area contributed by atoms with Gasteiger partial charge in [-0.3, -0.25) is 4.79 Å². The summed E-state index contributed by atoms with van der Waals surface area (Å²) in [5.74, 6) is 0.641. The Kier molecular flexibility index (Phi) is 6.90. The Hall–Kier alpha value is -0.371. The van der Waals surface area contributed by atoms with Crippen molar-refractivity contribution < 1.29 is 27.0 Å². The number of hydrogen-bond acceptors (Lipinski definition) is 2. The van der Waals surface area contributed by atoms with E-state index >= 15 is 0 Å². The van der Waals surface area contributed by atoms with Crippen molar-refractivity contribution in [1.82, 2.24) is 0 Å². The molecule has 1 unspecified atom stereocenters. The van der Waals surface area contributed by atoms with Crippen LogP contribution in [0.5, 0.6) is 0 Å². The molecule has 0 aromatic rings. The molecule has 2 saturated carbocycles. The third-order valence-corrected chi connectivity index (χ3v) is 3.60. The first kappa shape index (κ1) is 18.7. The molecule has 1 N–H and O–H groups in total. The Morgan fingerprint density at radius 3 is 1.81 bits per heavy atom. The van der Waals surface area contributed by atoms with Gasteiger partial charge in [-0.25, -0.2) is 0 Å². The van der Waals surface area contributed by atoms with Crippen molar-refractivity contribution in [2.75, 3.05) is 0 Å². The monoisotopic (exact) mass is 322 g/mol. The number of carbonyl (C=O) groups is 1. The summed E-state index contributed by atoms with van der Waals surface area (Å²) in [5, 5.41) is 10.1. The van der Waals surface area contributed by atoms with Gasteiger partial charge in [-0.2, -0.15) is 0 Å². The third-order valence-electron chi connectivity index (χ3n) is 3.60. The Morgan fingerprint density at radius 1 is 1.05 bits per heavy atom. The van der Waals surface area contributed by atoms with Crippen LogP contribution in [0.15, 0.2) is 23.3 Å². The van der Waals surface area contributed by atoms with Gasteiger partial charge >= 0.3 is 0 Å². The van der Waals surface area contributed by atoms with Crippen molar-refractivity contribution in [3.63, 3.8) is 0 Å². The minimum atomic E-state index is -1.42. The van der Waals surface area contributed by atoms with Crippen molar-refractivity contribution in [3.8, 4) is 0 Å². The number of carbonyl (C=O) groups excluding carboxylic acids is 1. The molecule has 21 heavy (non-hydrogen) atoms. The van der Waals surface area contributed by atoms with E-state index in [0.29, 0.717) is 16.7 Å². The van der Waals surface area contributed by atoms with Crippen LogP contribution in [0.4, 0.5) is 0 Å². The molecule has 0 spiro atoms. The fourth-order valence-electron chi connectivity index (χ4n) is 2.36. The topological polar surface area (TPSA) is 37.3 Å². The van der Waals surface area contributed by atoms with E-state index in [1.54, 1.807) is 13.8 Å². The van der Waals surface area contributed by atoms with Gasteiger partial charge in [0.05, 0.1) is 0 Å². The second-order valence-electron chi connectivity index (χ2n) is 4.96. The zero-order valence-corrected chi connectivity index (χ0v) is 13.2. The molecule has 3 aliphatic carbocycles. The number of aliphatic hydroxyl groups is 1. The zero-order valence-electron chi connectivity index (χ0n) is 12.1. The van der Waals surface area contributed by atoms with Gasteiger partial charge in [-0.05, 0) is 82.8 Å². The van der Waals surface area contributed by atoms with Crippen molar-refractivity contribution in [2.24, 2.45) is 0 Å². The van der Waals surface area contributed by atoms with Gasteiger partial charge in [0.15, 0.2) is 11.4 Å². The molecule has 10 radical (unpaired) electrons. The van der Waals surface area contributed by atoms with Gasteiger partial charge in [0.1, 0.15) is 0 Å². The van der Waals surface area contributed by atoms with Crippen LogP contribution >= 0.6 is 0 Å². The molecule has 2 fully saturated rings. The summed E-state index contributed by atoms with van der Waals surface area (Å²) in [6.07, 6.45) is 17.5. The second-order valence-corrected chi connectivity index (χ2v) is 4.96. The smallest absolute Gasteiger partial charge is 0.199 e. The Labute approximate surface area is 139 Å². The van der Waals surface area contributed by atoms with Crippen LogP contribution in [0.3, 0.4) is 0 Å². The van der Waals surface area contributed by atoms with E-state index in [2.05, 4.69) is 6.58 Å². The number of hydrogen-bond donors (Lipinski definition) is 1. The summed E-state index contributed by atoms with van der Waals surface area (Å²) in [5.41, 5.74) is 0.393. The summed E-state index contributed by atoms with van der Waals surface area (Å²) in [7, 11) is 0. The molecule has 0 bridgehead atoms. The molecule has 3 rings (SSSR count). The number of Topliss-reactive ketones (excluding diaryl/α,β-unsaturated/α-hetero) is 1. The van der Waals surface area contributed by atoms with Crippen molar-refractivity contribution in [2.45, 2.75) is 19.4 Å². The molecular weight excluding hydrogens is 304 g/mol. The normalized spacial score (nSPS) is 28.6. The molecule has 0 aliphatic heterocycles. The van der Waals surface area contributed by atoms with Gasteiger partial charge < -0.3 is 5.11 Å². The summed E-state index contributed by atoms with van der Waals surface area (Å²) in [6, 6.07) is 0. The first-order valence-corrected chi connectivity index (χ1v) is 6.53. The van der Waals surface area contributed by atoms with E-state index in [-0.39, 0.29) is 22.9 Å². The fraction of sp³-hybridized carbons (Fsp3) is 0.167. The first-order valence-electron chi connectivity index (χ1n) is 6.53. The second kappa shape index (κ2) is 7.76. The molecule has 1 atom stereocenters. The van der Waals surface area contributed by atoms with E-state index in [4.69, 9.17) is 0 Å². The third kappa shape index (κ3) is 3.52. The van der Waals surface area contributed by atoms with Gasteiger partial charge in [0.2, 0.25) is 0 Å². The summed E-state index contributed by atoms with van der Waals surface area (Å²) in [4.78, 5) is 11.9. The van der Waals surface area contributed by atoms with E-state index in [9.17, 15) is 9.90 Å². The standard InChI is InChI=1S/C13H13O2.C5H5.Fe/c1-8(2)13(15)9(3)11(12(13)14)10-6-4-5-7-10;1-2-4-5-3-1;/h4-7,15H,1H2,2-3H3;1-5H;. The molecule has 0 aromatic carbocycles. The van der Waals surface area contributed by atoms with E-state index in [0.717, 1.165) is 5.92 Å². The zero-order chi connectivity index (χ0) is 14.8. The summed E-state index contributed by atoms with van der Waals surface area (Å²) < 4.78 is 0. The van der Waals surface area contributed by atoms with Crippen LogP contribution in [-0.4, -0.2) is 16.5 Å². The van der Waals surface area contributed by atoms with Crippen LogP contribution in [0.1, 0.15) is 13.8 Å². The maximum Gasteiger partial charge on any atom is 0.199 e. The van der Waals surface area contributed by atoms with E-state index in [1.165, 1.54) is 0 Å². The Morgan fingerprint density at radius 2 is 1.48 bits per heavy atom. The minimum absolute atomic E-state index is 0. The number of rotatable bonds is 2. The van der Waals surface area contributed by atoms with Crippen LogP contribution in [0, 0.1) is 63.7 Å². The van der Waals surface area contributed by atoms with Gasteiger partial charge in [0, 0.05) is 28.6 Å². The summed E-state index contributed by atoms with van der Waals surface area (Å²) >= 11 is 0. The van der Waals surface area contributed by atoms with Crippen LogP contribution in [0.2, 0.25) is 0 Å². The molecule has 0 aromatic heterocycles. The molecule has 0 amide bonds. The molecule has 0 heterocycles. The predicted octanol–water partition coefficient (Wildman–Crippen LogP) is 2.62. The predicted molar refractivity (Wildman–Crippen MR) is 79.4 cm³/mol. The number of ketones is 1. The van der Waals surface area contributed by atoms with Gasteiger partial charge in [-0.15, -0.1) is 0 Å². The molecular formula is C18H18FeO2. The van der Waals surface area contributed by atoms with Crippen LogP contribution in [0.25, 0.3) is 0 Å². The average molecular weight is 322 g/mol. The molecule has 3 heteroatoms. The fourth-order valence-corrected chi connectivity index (χ4v) is 2.36. The molecule has 110 valence electrons. The average Bonchev–Trinajstić information content (AvgIpc) is 3.13. The van der Waals surface area contributed by atoms with Gasteiger partial charge in [-0.1, -0.05) is 6.58 Å². The maximum absolute atomic E-state index is 11.9. The van der Waals surface area contributed by atoms with Crippen molar-refractivity contribution in [1.29, 1.82) is 0 Å². The molecule has 3 aliphatic rings. The van der Waals surface area contributed by atoms with E-state index < -0.39 is 5.60 Å². The van der Waals surface area contributed by atoms with Crippen molar-refractivity contribution in [3.05, 3.63) is 87.0 Å².